The van der Waals surface area contributed by atoms with Crippen LogP contribution in [0.2, 0.25) is 5.02 Å². The zero-order valence-corrected chi connectivity index (χ0v) is 13.0. The first-order valence-corrected chi connectivity index (χ1v) is 6.87. The number of nitrogens with zero attached hydrogens (tertiary/aromatic N) is 2. The van der Waals surface area contributed by atoms with Crippen molar-refractivity contribution in [1.29, 1.82) is 0 Å². The number of anilines is 1. The fourth-order valence-electron chi connectivity index (χ4n) is 1.90. The van der Waals surface area contributed by atoms with Crippen LogP contribution in [0, 0.1) is 18.6 Å². The molecule has 0 unspecified atom stereocenters. The number of nitrogens with one attached hydrogen (secondary N) is 2. The summed E-state index contributed by atoms with van der Waals surface area (Å²) in [5, 5.41) is 8.70. The van der Waals surface area contributed by atoms with Gasteiger partial charge in [0, 0.05) is 29.4 Å². The summed E-state index contributed by atoms with van der Waals surface area (Å²) in [6.07, 6.45) is 3.33. The first-order chi connectivity index (χ1) is 10.3. The summed E-state index contributed by atoms with van der Waals surface area (Å²) in [6, 6.07) is -0.135. The Morgan fingerprint density at radius 3 is 2.73 bits per heavy atom. The van der Waals surface area contributed by atoms with E-state index in [0.717, 1.165) is 11.6 Å². The van der Waals surface area contributed by atoms with E-state index in [1.165, 1.54) is 6.92 Å². The minimum Gasteiger partial charge on any atom is -0.331 e. The van der Waals surface area contributed by atoms with Gasteiger partial charge in [-0.2, -0.15) is 5.10 Å². The molecular weight excluding hydrogens is 314 g/mol. The molecule has 0 saturated heterocycles. The number of rotatable bonds is 3. The number of hydrogen-bond donors (Lipinski definition) is 2. The van der Waals surface area contributed by atoms with E-state index in [0.29, 0.717) is 0 Å². The Kier molecular flexibility index (Phi) is 4.65. The molecule has 0 bridgehead atoms. The largest absolute Gasteiger partial charge is 0.331 e. The number of aryl methyl sites for hydroxylation is 1. The lowest BCUT2D eigenvalue weighted by Crippen LogP contribution is -2.31. The normalized spacial score (nSPS) is 12.1. The van der Waals surface area contributed by atoms with Crippen molar-refractivity contribution in [3.05, 3.63) is 46.2 Å². The minimum absolute atomic E-state index is 0.0373. The molecule has 0 saturated carbocycles. The second-order valence-corrected chi connectivity index (χ2v) is 5.33. The van der Waals surface area contributed by atoms with Crippen LogP contribution >= 0.6 is 11.6 Å². The van der Waals surface area contributed by atoms with Gasteiger partial charge in [-0.15, -0.1) is 0 Å². The van der Waals surface area contributed by atoms with Gasteiger partial charge in [0.25, 0.3) is 0 Å². The van der Waals surface area contributed by atoms with Gasteiger partial charge < -0.3 is 10.6 Å². The van der Waals surface area contributed by atoms with Crippen LogP contribution in [0.4, 0.5) is 19.3 Å². The van der Waals surface area contributed by atoms with Crippen molar-refractivity contribution in [2.24, 2.45) is 7.05 Å². The Morgan fingerprint density at radius 2 is 2.14 bits per heavy atom. The Hall–Kier alpha value is -2.15. The number of carbonyl (C=O) groups excluding carboxylic acids is 1. The van der Waals surface area contributed by atoms with Crippen molar-refractivity contribution in [2.45, 2.75) is 19.9 Å². The highest BCUT2D eigenvalue weighted by Crippen LogP contribution is 2.28. The Morgan fingerprint density at radius 1 is 1.45 bits per heavy atom. The molecule has 0 spiro atoms. The van der Waals surface area contributed by atoms with E-state index >= 15 is 0 Å². The zero-order chi connectivity index (χ0) is 16.4. The van der Waals surface area contributed by atoms with Crippen LogP contribution in [0.15, 0.2) is 18.5 Å². The van der Waals surface area contributed by atoms with Gasteiger partial charge >= 0.3 is 6.03 Å². The van der Waals surface area contributed by atoms with Crippen molar-refractivity contribution in [2.75, 3.05) is 5.32 Å². The summed E-state index contributed by atoms with van der Waals surface area (Å²) < 4.78 is 29.3. The Bertz CT molecular complexity index is 717. The van der Waals surface area contributed by atoms with E-state index in [-0.39, 0.29) is 16.6 Å². The highest BCUT2D eigenvalue weighted by Gasteiger charge is 2.18. The van der Waals surface area contributed by atoms with Crippen LogP contribution in [0.25, 0.3) is 0 Å². The number of aromatic nitrogens is 2. The van der Waals surface area contributed by atoms with E-state index in [2.05, 4.69) is 15.7 Å². The monoisotopic (exact) mass is 328 g/mol. The van der Waals surface area contributed by atoms with Crippen LogP contribution in [-0.2, 0) is 7.05 Å². The molecule has 2 N–H and O–H groups in total. The van der Waals surface area contributed by atoms with Gasteiger partial charge in [0.2, 0.25) is 0 Å². The van der Waals surface area contributed by atoms with Crippen molar-refractivity contribution in [3.63, 3.8) is 0 Å². The lowest BCUT2D eigenvalue weighted by Gasteiger charge is -2.15. The molecule has 0 fully saturated rings. The summed E-state index contributed by atoms with van der Waals surface area (Å²) in [4.78, 5) is 11.9. The van der Waals surface area contributed by atoms with Crippen LogP contribution < -0.4 is 10.6 Å². The van der Waals surface area contributed by atoms with Gasteiger partial charge in [0.1, 0.15) is 5.69 Å². The molecule has 5 nitrogen and oxygen atoms in total. The number of halogens is 3. The number of benzene rings is 1. The number of hydrogen-bond acceptors (Lipinski definition) is 2. The summed E-state index contributed by atoms with van der Waals surface area (Å²) in [6.45, 7) is 3.13. The third kappa shape index (κ3) is 3.36. The van der Waals surface area contributed by atoms with Crippen molar-refractivity contribution in [3.8, 4) is 0 Å². The fraction of sp³-hybridized carbons (Fsp3) is 0.286. The first-order valence-electron chi connectivity index (χ1n) is 6.49. The molecule has 1 aromatic carbocycles. The van der Waals surface area contributed by atoms with Gasteiger partial charge in [-0.25, -0.2) is 13.6 Å². The standard InChI is InChI=1S/C14H15ClF2N4O/c1-7-10(15)4-11(16)13(12(7)17)20-14(22)19-8(2)9-5-18-21(3)6-9/h4-6,8H,1-3H3,(H2,19,20,22)/t8-/m1/s1. The molecule has 1 atom stereocenters. The maximum absolute atomic E-state index is 14.0. The first kappa shape index (κ1) is 16.2. The summed E-state index contributed by atoms with van der Waals surface area (Å²) in [5.74, 6) is -1.83. The van der Waals surface area contributed by atoms with Gasteiger partial charge in [-0.3, -0.25) is 4.68 Å². The molecule has 118 valence electrons. The van der Waals surface area contributed by atoms with E-state index < -0.39 is 23.4 Å². The summed E-state index contributed by atoms with van der Waals surface area (Å²) in [5.41, 5.74) is 0.308. The third-order valence-electron chi connectivity index (χ3n) is 3.21. The van der Waals surface area contributed by atoms with Gasteiger partial charge in [0.05, 0.1) is 12.2 Å². The van der Waals surface area contributed by atoms with E-state index in [9.17, 15) is 13.6 Å². The minimum atomic E-state index is -0.933. The molecule has 2 amide bonds. The number of amides is 2. The maximum Gasteiger partial charge on any atom is 0.319 e. The van der Waals surface area contributed by atoms with E-state index in [1.807, 2.05) is 0 Å². The zero-order valence-electron chi connectivity index (χ0n) is 12.2. The SMILES string of the molecule is Cc1c(Cl)cc(F)c(NC(=O)N[C@H](C)c2cnn(C)c2)c1F. The Labute approximate surface area is 131 Å². The molecule has 1 aromatic heterocycles. The fourth-order valence-corrected chi connectivity index (χ4v) is 2.08. The predicted molar refractivity (Wildman–Crippen MR) is 79.9 cm³/mol. The average Bonchev–Trinajstić information content (AvgIpc) is 2.88. The topological polar surface area (TPSA) is 59.0 Å². The summed E-state index contributed by atoms with van der Waals surface area (Å²) in [7, 11) is 1.75. The Balaban J connectivity index is 2.11. The molecule has 0 radical (unpaired) electrons. The highest BCUT2D eigenvalue weighted by molar-refractivity contribution is 6.31. The molecular formula is C14H15ClF2N4O. The number of urea groups is 1. The molecule has 0 aliphatic heterocycles. The van der Waals surface area contributed by atoms with Crippen molar-refractivity contribution in [1.82, 2.24) is 15.1 Å². The average molecular weight is 329 g/mol. The smallest absolute Gasteiger partial charge is 0.319 e. The van der Waals surface area contributed by atoms with Gasteiger partial charge in [-0.1, -0.05) is 11.6 Å². The molecule has 2 rings (SSSR count). The lowest BCUT2D eigenvalue weighted by molar-refractivity contribution is 0.249. The molecule has 2 aromatic rings. The molecule has 0 aliphatic carbocycles. The lowest BCUT2D eigenvalue weighted by atomic mass is 10.2. The second-order valence-electron chi connectivity index (χ2n) is 4.92. The van der Waals surface area contributed by atoms with Crippen molar-refractivity contribution >= 4 is 23.3 Å². The van der Waals surface area contributed by atoms with Crippen LogP contribution in [-0.4, -0.2) is 15.8 Å². The molecule has 1 heterocycles. The maximum atomic E-state index is 14.0. The summed E-state index contributed by atoms with van der Waals surface area (Å²) >= 11 is 5.68. The van der Waals surface area contributed by atoms with Crippen LogP contribution in [0.5, 0.6) is 0 Å². The predicted octanol–water partition coefficient (Wildman–Crippen LogP) is 3.54. The quantitative estimate of drug-likeness (QED) is 0.905. The molecule has 0 aliphatic rings. The van der Waals surface area contributed by atoms with Crippen LogP contribution in [0.1, 0.15) is 24.1 Å². The number of carbonyl (C=O) groups is 1. The second kappa shape index (κ2) is 6.31. The van der Waals surface area contributed by atoms with E-state index in [1.54, 1.807) is 31.0 Å². The third-order valence-corrected chi connectivity index (χ3v) is 3.60. The van der Waals surface area contributed by atoms with Crippen LogP contribution in [0.3, 0.4) is 0 Å². The van der Waals surface area contributed by atoms with E-state index in [4.69, 9.17) is 11.6 Å². The van der Waals surface area contributed by atoms with Gasteiger partial charge in [-0.05, 0) is 19.9 Å². The molecule has 8 heteroatoms. The highest BCUT2D eigenvalue weighted by atomic mass is 35.5. The molecule has 22 heavy (non-hydrogen) atoms. The van der Waals surface area contributed by atoms with Gasteiger partial charge in [0.15, 0.2) is 11.6 Å². The van der Waals surface area contributed by atoms with Crippen molar-refractivity contribution < 1.29 is 13.6 Å².